The van der Waals surface area contributed by atoms with Gasteiger partial charge < -0.3 is 29.6 Å². The molecule has 2 aliphatic heterocycles. The van der Waals surface area contributed by atoms with Gasteiger partial charge in [0.1, 0.15) is 23.8 Å². The van der Waals surface area contributed by atoms with Crippen molar-refractivity contribution in [2.45, 2.75) is 31.3 Å². The summed E-state index contributed by atoms with van der Waals surface area (Å²) in [6, 6.07) is 16.3. The number of nitrogen functional groups attached to an aromatic ring is 1. The number of amides is 1. The van der Waals surface area contributed by atoms with Crippen molar-refractivity contribution >= 4 is 50.3 Å². The molecule has 1 amide bonds. The summed E-state index contributed by atoms with van der Waals surface area (Å²) in [5, 5.41) is 12.2. The third-order valence-electron chi connectivity index (χ3n) is 9.03. The van der Waals surface area contributed by atoms with Crippen LogP contribution in [0.15, 0.2) is 65.8 Å². The lowest BCUT2D eigenvalue weighted by atomic mass is 9.96. The molecule has 2 N–H and O–H groups in total. The fraction of sp³-hybridized carbons (Fsp3) is 0.324. The number of ether oxygens (including phenoxy) is 1. The molecule has 2 aromatic carbocycles. The van der Waals surface area contributed by atoms with Crippen molar-refractivity contribution in [3.05, 3.63) is 61.4 Å². The molecule has 0 bridgehead atoms. The lowest BCUT2D eigenvalue weighted by molar-refractivity contribution is -0.128. The Hall–Kier alpha value is -5.21. The van der Waals surface area contributed by atoms with Crippen LogP contribution < -0.4 is 15.4 Å². The Morgan fingerprint density at radius 3 is 2.76 bits per heavy atom. The van der Waals surface area contributed by atoms with Gasteiger partial charge in [-0.2, -0.15) is 15.2 Å². The Kier molecular flexibility index (Phi) is 7.43. The number of hydrogen-bond acceptors (Lipinski definition) is 10. The molecule has 45 heavy (non-hydrogen) atoms. The molecule has 228 valence electrons. The first-order valence-electron chi connectivity index (χ1n) is 15.2. The van der Waals surface area contributed by atoms with Gasteiger partial charge in [0.05, 0.1) is 41.2 Å². The molecule has 11 heteroatoms. The van der Waals surface area contributed by atoms with Crippen LogP contribution in [-0.4, -0.2) is 82.6 Å². The Labute approximate surface area is 260 Å². The van der Waals surface area contributed by atoms with Crippen molar-refractivity contribution in [1.29, 1.82) is 5.26 Å². The fourth-order valence-corrected chi connectivity index (χ4v) is 6.73. The highest BCUT2D eigenvalue weighted by molar-refractivity contribution is 6.16. The number of anilines is 2. The average Bonchev–Trinajstić information content (AvgIpc) is 3.71. The number of nitrogens with zero attached hydrogens (tertiary/aromatic N) is 7. The van der Waals surface area contributed by atoms with Gasteiger partial charge in [0, 0.05) is 36.4 Å². The summed E-state index contributed by atoms with van der Waals surface area (Å²) < 4.78 is 12.5. The van der Waals surface area contributed by atoms with Crippen LogP contribution in [0.4, 0.5) is 11.6 Å². The van der Waals surface area contributed by atoms with E-state index in [-0.39, 0.29) is 30.4 Å². The largest absolute Gasteiger partial charge is 0.463 e. The summed E-state index contributed by atoms with van der Waals surface area (Å²) in [4.78, 5) is 33.2. The number of nitrogens with two attached hydrogens (primary N) is 1. The van der Waals surface area contributed by atoms with Crippen molar-refractivity contribution in [1.82, 2.24) is 24.8 Å². The maximum atomic E-state index is 12.6. The Morgan fingerprint density at radius 2 is 1.96 bits per heavy atom. The summed E-state index contributed by atoms with van der Waals surface area (Å²) in [5.74, 6) is 0.882. The number of nitriles is 1. The zero-order chi connectivity index (χ0) is 31.1. The van der Waals surface area contributed by atoms with Crippen molar-refractivity contribution in [2.24, 2.45) is 0 Å². The van der Waals surface area contributed by atoms with Gasteiger partial charge >= 0.3 is 6.01 Å². The van der Waals surface area contributed by atoms with Crippen LogP contribution >= 0.6 is 0 Å². The molecular formula is C34H34N8O3. The highest BCUT2D eigenvalue weighted by atomic mass is 16.5. The number of pyridine rings is 1. The number of aromatic nitrogens is 3. The molecule has 2 saturated heterocycles. The van der Waals surface area contributed by atoms with Crippen molar-refractivity contribution in [2.75, 3.05) is 50.5 Å². The van der Waals surface area contributed by atoms with Gasteiger partial charge in [-0.05, 0) is 67.9 Å². The van der Waals surface area contributed by atoms with Gasteiger partial charge in [-0.1, -0.05) is 24.8 Å². The van der Waals surface area contributed by atoms with Crippen molar-refractivity contribution in [3.8, 4) is 23.2 Å². The molecule has 0 unspecified atom stereocenters. The van der Waals surface area contributed by atoms with Crippen LogP contribution in [0.5, 0.6) is 6.01 Å². The molecule has 3 aromatic heterocycles. The number of benzene rings is 2. The monoisotopic (exact) mass is 602 g/mol. The number of fused-ring (bicyclic) bond motifs is 4. The number of likely N-dealkylation sites (N-methyl/N-ethyl adjacent to an activating group) is 1. The minimum absolute atomic E-state index is 0.186. The summed E-state index contributed by atoms with van der Waals surface area (Å²) >= 11 is 0. The molecule has 5 heterocycles. The molecule has 7 rings (SSSR count). The van der Waals surface area contributed by atoms with Crippen LogP contribution in [0.1, 0.15) is 19.3 Å². The van der Waals surface area contributed by atoms with E-state index in [4.69, 9.17) is 24.9 Å². The third-order valence-corrected chi connectivity index (χ3v) is 9.03. The van der Waals surface area contributed by atoms with E-state index >= 15 is 0 Å². The van der Waals surface area contributed by atoms with Gasteiger partial charge in [0.15, 0.2) is 0 Å². The maximum absolute atomic E-state index is 12.6. The minimum Gasteiger partial charge on any atom is -0.463 e. The number of carbonyl (C=O) groups excluding carboxylic acids is 1. The van der Waals surface area contributed by atoms with E-state index in [9.17, 15) is 10.1 Å². The molecule has 5 aromatic rings. The average molecular weight is 603 g/mol. The van der Waals surface area contributed by atoms with E-state index in [0.717, 1.165) is 52.2 Å². The lowest BCUT2D eigenvalue weighted by Gasteiger charge is -2.41. The number of furan rings is 1. The summed E-state index contributed by atoms with van der Waals surface area (Å²) in [6.45, 7) is 6.51. The first-order chi connectivity index (χ1) is 21.9. The first kappa shape index (κ1) is 28.6. The summed E-state index contributed by atoms with van der Waals surface area (Å²) in [7, 11) is 2.11. The zero-order valence-corrected chi connectivity index (χ0v) is 25.1. The number of carbonyl (C=O) groups is 1. The van der Waals surface area contributed by atoms with Crippen LogP contribution in [0, 0.1) is 11.3 Å². The highest BCUT2D eigenvalue weighted by Crippen LogP contribution is 2.42. The van der Waals surface area contributed by atoms with Crippen LogP contribution in [0.2, 0.25) is 0 Å². The second kappa shape index (κ2) is 11.7. The van der Waals surface area contributed by atoms with E-state index in [2.05, 4.69) is 34.5 Å². The molecule has 2 aliphatic rings. The number of likely N-dealkylation sites (tertiary alicyclic amines) is 1. The van der Waals surface area contributed by atoms with Crippen LogP contribution in [0.25, 0.3) is 43.9 Å². The molecule has 0 spiro atoms. The van der Waals surface area contributed by atoms with Gasteiger partial charge in [0.25, 0.3) is 0 Å². The number of rotatable bonds is 7. The Balaban J connectivity index is 1.40. The highest BCUT2D eigenvalue weighted by Gasteiger charge is 2.32. The van der Waals surface area contributed by atoms with E-state index in [1.807, 2.05) is 42.5 Å². The van der Waals surface area contributed by atoms with Crippen LogP contribution in [0.3, 0.4) is 0 Å². The molecule has 11 nitrogen and oxygen atoms in total. The number of hydrogen-bond donors (Lipinski definition) is 1. The first-order valence-corrected chi connectivity index (χ1v) is 15.2. The van der Waals surface area contributed by atoms with E-state index < -0.39 is 0 Å². The van der Waals surface area contributed by atoms with E-state index in [0.29, 0.717) is 49.0 Å². The topological polar surface area (TPSA) is 138 Å². The summed E-state index contributed by atoms with van der Waals surface area (Å²) in [5.41, 5.74) is 10.2. The van der Waals surface area contributed by atoms with Gasteiger partial charge in [0.2, 0.25) is 5.91 Å². The standard InChI is InChI=1S/C34H34N8O3/c1-3-30(43)42-15-14-41(19-21(42)10-12-35)33-31-28(38-34(39-33)45-20-22-7-6-13-40(22)2)17-25(24-11-16-44-32(24)31)26-18-29(36)37-27-9-5-4-8-23(26)27/h3-5,8-9,11,16-18,21-22H,1,6-7,10,13-15,19-20H2,2H3,(H2,36,37)/t21-,22-/m0/s1. The second-order valence-corrected chi connectivity index (χ2v) is 11.7. The van der Waals surface area contributed by atoms with Gasteiger partial charge in [-0.25, -0.2) is 4.98 Å². The predicted molar refractivity (Wildman–Crippen MR) is 174 cm³/mol. The third kappa shape index (κ3) is 5.17. The smallest absolute Gasteiger partial charge is 0.319 e. The maximum Gasteiger partial charge on any atom is 0.319 e. The normalized spacial score (nSPS) is 18.9. The van der Waals surface area contributed by atoms with Gasteiger partial charge in [-0.15, -0.1) is 0 Å². The second-order valence-electron chi connectivity index (χ2n) is 11.7. The fourth-order valence-electron chi connectivity index (χ4n) is 6.73. The summed E-state index contributed by atoms with van der Waals surface area (Å²) in [6.07, 6.45) is 5.34. The number of piperazine rings is 1. The van der Waals surface area contributed by atoms with Crippen molar-refractivity contribution in [3.63, 3.8) is 0 Å². The lowest BCUT2D eigenvalue weighted by Crippen LogP contribution is -2.55. The molecule has 2 atom stereocenters. The Bertz CT molecular complexity index is 1980. The SMILES string of the molecule is C=CC(=O)N1CCN(c2nc(OC[C@@H]3CCCN3C)nc3cc(-c4cc(N)nc5ccccc45)c4ccoc4c23)C[C@@H]1CC#N. The van der Waals surface area contributed by atoms with Gasteiger partial charge in [-0.3, -0.25) is 4.79 Å². The molecule has 0 radical (unpaired) electrons. The zero-order valence-electron chi connectivity index (χ0n) is 25.1. The predicted octanol–water partition coefficient (Wildman–Crippen LogP) is 4.76. The molecule has 0 aliphatic carbocycles. The minimum atomic E-state index is -0.326. The van der Waals surface area contributed by atoms with E-state index in [1.165, 1.54) is 6.08 Å². The molecule has 2 fully saturated rings. The quantitative estimate of drug-likeness (QED) is 0.260. The van der Waals surface area contributed by atoms with Crippen LogP contribution in [-0.2, 0) is 4.79 Å². The van der Waals surface area contributed by atoms with Crippen molar-refractivity contribution < 1.29 is 13.9 Å². The molecular weight excluding hydrogens is 568 g/mol. The molecule has 0 saturated carbocycles. The number of para-hydroxylation sites is 1. The van der Waals surface area contributed by atoms with E-state index in [1.54, 1.807) is 11.2 Å². The Morgan fingerprint density at radius 1 is 1.11 bits per heavy atom.